The molecule has 3 aromatic carbocycles. The number of carbonyl (C=O) groups excluding carboxylic acids is 2. The minimum atomic E-state index is -0.574. The topological polar surface area (TPSA) is 49.4 Å². The summed E-state index contributed by atoms with van der Waals surface area (Å²) in [7, 11) is 0. The number of nitrogens with one attached hydrogen (secondary N) is 1. The predicted octanol–water partition coefficient (Wildman–Crippen LogP) is 6.30. The van der Waals surface area contributed by atoms with Gasteiger partial charge in [0.05, 0.1) is 0 Å². The smallest absolute Gasteiger partial charge is 0.243 e. The third kappa shape index (κ3) is 8.75. The highest BCUT2D eigenvalue weighted by Gasteiger charge is 2.29. The summed E-state index contributed by atoms with van der Waals surface area (Å²) in [5, 5.41) is 3.66. The molecule has 6 heteroatoms. The molecule has 4 nitrogen and oxygen atoms in total. The molecule has 184 valence electrons. The molecule has 0 fully saturated rings. The molecule has 3 rings (SSSR count). The van der Waals surface area contributed by atoms with Gasteiger partial charge in [-0.2, -0.15) is 0 Å². The van der Waals surface area contributed by atoms with Crippen LogP contribution < -0.4 is 5.32 Å². The van der Waals surface area contributed by atoms with Crippen LogP contribution in [0.2, 0.25) is 5.02 Å². The van der Waals surface area contributed by atoms with Gasteiger partial charge >= 0.3 is 0 Å². The zero-order valence-corrected chi connectivity index (χ0v) is 21.9. The predicted molar refractivity (Wildman–Crippen MR) is 146 cm³/mol. The first-order chi connectivity index (χ1) is 17.0. The zero-order valence-electron chi connectivity index (χ0n) is 20.4. The van der Waals surface area contributed by atoms with E-state index in [1.165, 1.54) is 0 Å². The largest absolute Gasteiger partial charge is 0.355 e. The van der Waals surface area contributed by atoms with Crippen LogP contribution in [-0.2, 0) is 22.6 Å². The Morgan fingerprint density at radius 3 is 2.29 bits per heavy atom. The number of halogens is 1. The van der Waals surface area contributed by atoms with Crippen LogP contribution in [0.1, 0.15) is 36.5 Å². The lowest BCUT2D eigenvalue weighted by Crippen LogP contribution is -2.50. The van der Waals surface area contributed by atoms with Crippen LogP contribution in [0.15, 0.2) is 83.8 Å². The second-order valence-electron chi connectivity index (χ2n) is 8.51. The summed E-state index contributed by atoms with van der Waals surface area (Å²) in [6, 6.07) is 25.2. The number of nitrogens with zero attached hydrogens (tertiary/aromatic N) is 1. The summed E-state index contributed by atoms with van der Waals surface area (Å²) >= 11 is 7.67. The summed E-state index contributed by atoms with van der Waals surface area (Å²) in [6.07, 6.45) is 1.59. The molecule has 0 bridgehead atoms. The van der Waals surface area contributed by atoms with E-state index in [2.05, 4.69) is 5.32 Å². The van der Waals surface area contributed by atoms with E-state index < -0.39 is 6.04 Å². The molecule has 1 atom stereocenters. The van der Waals surface area contributed by atoms with Crippen molar-refractivity contribution in [1.82, 2.24) is 10.2 Å². The minimum absolute atomic E-state index is 0.00512. The molecular formula is C29H33ClN2O2S. The Labute approximate surface area is 218 Å². The Morgan fingerprint density at radius 2 is 1.63 bits per heavy atom. The number of hydrogen-bond donors (Lipinski definition) is 1. The maximum atomic E-state index is 13.5. The van der Waals surface area contributed by atoms with Crippen molar-refractivity contribution in [3.8, 4) is 0 Å². The summed E-state index contributed by atoms with van der Waals surface area (Å²) in [6.45, 7) is 4.86. The van der Waals surface area contributed by atoms with Gasteiger partial charge in [0.1, 0.15) is 6.04 Å². The first kappa shape index (κ1) is 26.8. The molecule has 2 amide bonds. The molecule has 0 spiro atoms. The average Bonchev–Trinajstić information content (AvgIpc) is 2.87. The maximum absolute atomic E-state index is 13.5. The molecule has 0 saturated heterocycles. The maximum Gasteiger partial charge on any atom is 0.243 e. The third-order valence-electron chi connectivity index (χ3n) is 5.71. The Kier molecular flexibility index (Phi) is 10.7. The van der Waals surface area contributed by atoms with Crippen molar-refractivity contribution in [2.75, 3.05) is 12.3 Å². The van der Waals surface area contributed by atoms with E-state index in [1.807, 2.05) is 92.7 Å². The van der Waals surface area contributed by atoms with E-state index in [-0.39, 0.29) is 11.8 Å². The fourth-order valence-corrected chi connectivity index (χ4v) is 4.80. The number of rotatable bonds is 12. The van der Waals surface area contributed by atoms with Crippen LogP contribution in [-0.4, -0.2) is 35.1 Å². The van der Waals surface area contributed by atoms with Crippen LogP contribution in [0.25, 0.3) is 0 Å². The lowest BCUT2D eigenvalue weighted by atomic mass is 10.0. The lowest BCUT2D eigenvalue weighted by molar-refractivity contribution is -0.141. The van der Waals surface area contributed by atoms with Gasteiger partial charge in [-0.1, -0.05) is 71.8 Å². The monoisotopic (exact) mass is 508 g/mol. The number of carbonyl (C=O) groups is 2. The molecular weight excluding hydrogens is 476 g/mol. The van der Waals surface area contributed by atoms with E-state index in [0.29, 0.717) is 31.0 Å². The van der Waals surface area contributed by atoms with Crippen molar-refractivity contribution in [2.24, 2.45) is 0 Å². The quantitative estimate of drug-likeness (QED) is 0.231. The van der Waals surface area contributed by atoms with E-state index in [4.69, 9.17) is 11.6 Å². The van der Waals surface area contributed by atoms with E-state index in [1.54, 1.807) is 16.7 Å². The summed E-state index contributed by atoms with van der Waals surface area (Å²) < 4.78 is 0. The number of aryl methyl sites for hydroxylation is 1. The van der Waals surface area contributed by atoms with Gasteiger partial charge in [-0.25, -0.2) is 0 Å². The van der Waals surface area contributed by atoms with E-state index >= 15 is 0 Å². The van der Waals surface area contributed by atoms with Crippen LogP contribution in [0, 0.1) is 6.92 Å². The normalized spacial score (nSPS) is 11.6. The second-order valence-corrected chi connectivity index (χ2v) is 10.1. The van der Waals surface area contributed by atoms with Crippen LogP contribution in [0.5, 0.6) is 0 Å². The highest BCUT2D eigenvalue weighted by atomic mass is 35.5. The third-order valence-corrected chi connectivity index (χ3v) is 7.06. The number of likely N-dealkylation sites (N-methyl/N-ethyl adjacent to an activating group) is 1. The van der Waals surface area contributed by atoms with Crippen molar-refractivity contribution in [2.45, 2.75) is 50.6 Å². The molecule has 0 saturated carbocycles. The van der Waals surface area contributed by atoms with Gasteiger partial charge in [0.25, 0.3) is 0 Å². The zero-order chi connectivity index (χ0) is 25.0. The van der Waals surface area contributed by atoms with Gasteiger partial charge < -0.3 is 10.2 Å². The summed E-state index contributed by atoms with van der Waals surface area (Å²) in [4.78, 5) is 29.6. The van der Waals surface area contributed by atoms with Gasteiger partial charge in [0, 0.05) is 35.8 Å². The van der Waals surface area contributed by atoms with Crippen molar-refractivity contribution in [1.29, 1.82) is 0 Å². The molecule has 0 unspecified atom stereocenters. The highest BCUT2D eigenvalue weighted by molar-refractivity contribution is 7.99. The van der Waals surface area contributed by atoms with E-state index in [9.17, 15) is 9.59 Å². The SMILES string of the molecule is CCNC(=O)[C@@H](Cc1ccccc1)N(Cc1ccc(C)cc1)C(=O)CCCSc1ccc(Cl)cc1. The van der Waals surface area contributed by atoms with Crippen molar-refractivity contribution in [3.05, 3.63) is 101 Å². The molecule has 0 aromatic heterocycles. The van der Waals surface area contributed by atoms with Gasteiger partial charge in [-0.15, -0.1) is 11.8 Å². The average molecular weight is 509 g/mol. The van der Waals surface area contributed by atoms with E-state index in [0.717, 1.165) is 33.8 Å². The number of hydrogen-bond acceptors (Lipinski definition) is 3. The Hall–Kier alpha value is -2.76. The molecule has 0 aliphatic rings. The highest BCUT2D eigenvalue weighted by Crippen LogP contribution is 2.22. The Bertz CT molecular complexity index is 1070. The fourth-order valence-electron chi connectivity index (χ4n) is 3.82. The minimum Gasteiger partial charge on any atom is -0.355 e. The van der Waals surface area contributed by atoms with Crippen LogP contribution in [0.3, 0.4) is 0 Å². The van der Waals surface area contributed by atoms with Gasteiger partial charge in [-0.3, -0.25) is 9.59 Å². The molecule has 0 radical (unpaired) electrons. The lowest BCUT2D eigenvalue weighted by Gasteiger charge is -2.31. The summed E-state index contributed by atoms with van der Waals surface area (Å²) in [5.41, 5.74) is 3.21. The second kappa shape index (κ2) is 14.0. The number of amides is 2. The fraction of sp³-hybridized carbons (Fsp3) is 0.310. The summed E-state index contributed by atoms with van der Waals surface area (Å²) in [5.74, 6) is 0.692. The van der Waals surface area contributed by atoms with Crippen LogP contribution in [0.4, 0.5) is 0 Å². The molecule has 0 aliphatic heterocycles. The standard InChI is InChI=1S/C29H33ClN2O2S/c1-3-31-29(34)27(20-23-8-5-4-6-9-23)32(21-24-13-11-22(2)12-14-24)28(33)10-7-19-35-26-17-15-25(30)16-18-26/h4-6,8-9,11-18,27H,3,7,10,19-21H2,1-2H3,(H,31,34)/t27-/m1/s1. The number of thioether (sulfide) groups is 1. The van der Waals surface area contributed by atoms with Crippen molar-refractivity contribution >= 4 is 35.2 Å². The molecule has 35 heavy (non-hydrogen) atoms. The van der Waals surface area contributed by atoms with Gasteiger partial charge in [0.15, 0.2) is 0 Å². The molecule has 0 heterocycles. The Morgan fingerprint density at radius 1 is 0.943 bits per heavy atom. The van der Waals surface area contributed by atoms with Gasteiger partial charge in [-0.05, 0) is 61.4 Å². The first-order valence-corrected chi connectivity index (χ1v) is 13.4. The molecule has 1 N–H and O–H groups in total. The molecule has 3 aromatic rings. The Balaban J connectivity index is 1.75. The number of benzene rings is 3. The van der Waals surface area contributed by atoms with Crippen molar-refractivity contribution < 1.29 is 9.59 Å². The van der Waals surface area contributed by atoms with Gasteiger partial charge in [0.2, 0.25) is 11.8 Å². The first-order valence-electron chi connectivity index (χ1n) is 12.0. The van der Waals surface area contributed by atoms with Crippen LogP contribution >= 0.6 is 23.4 Å². The van der Waals surface area contributed by atoms with Crippen molar-refractivity contribution in [3.63, 3.8) is 0 Å². The molecule has 0 aliphatic carbocycles.